The Bertz CT molecular complexity index is 1390. The average molecular weight is 601 g/mol. The van der Waals surface area contributed by atoms with Gasteiger partial charge in [0.15, 0.2) is 0 Å². The molecule has 10 heteroatoms. The van der Waals surface area contributed by atoms with Crippen molar-refractivity contribution in [1.82, 2.24) is 19.7 Å². The Morgan fingerprint density at radius 2 is 1.70 bits per heavy atom. The lowest BCUT2D eigenvalue weighted by molar-refractivity contribution is -0.137. The number of rotatable bonds is 12. The number of hydrogen-bond donors (Lipinski definition) is 2. The quantitative estimate of drug-likeness (QED) is 0.257. The average Bonchev–Trinajstić information content (AvgIpc) is 3.30. The Kier molecular flexibility index (Phi) is 9.68. The third-order valence-electron chi connectivity index (χ3n) is 8.66. The first-order valence-electron chi connectivity index (χ1n) is 15.3. The maximum atomic E-state index is 15.9. The number of piperazine rings is 1. The second-order valence-electron chi connectivity index (χ2n) is 12.6. The van der Waals surface area contributed by atoms with Crippen LogP contribution in [0.25, 0.3) is 10.9 Å². The number of fused-ring (bicyclic) bond motifs is 3. The molecule has 0 saturated carbocycles. The summed E-state index contributed by atoms with van der Waals surface area (Å²) in [6.45, 7) is 10.3. The second-order valence-corrected chi connectivity index (χ2v) is 12.6. The molecule has 0 unspecified atom stereocenters. The van der Waals surface area contributed by atoms with Crippen LogP contribution in [0.4, 0.5) is 13.2 Å². The summed E-state index contributed by atoms with van der Waals surface area (Å²) in [5.41, 5.74) is 0.954. The van der Waals surface area contributed by atoms with E-state index in [-0.39, 0.29) is 30.3 Å². The number of alkyl halides is 1. The molecule has 1 fully saturated rings. The molecule has 234 valence electrons. The highest BCUT2D eigenvalue weighted by Gasteiger charge is 2.41. The standard InChI is InChI=1S/C33H43F3N4O3/c1-22-18-25-24-8-4-5-9-28(24)37-31(25)32(40(22)21-33(2,3)36)30-26(34)19-23(20-27(30)35)43-17-16-39-14-12-38(13-15-39)11-7-6-10-29(41)42/h4-5,8-9,19-20,22,32,37H,6-7,10-18,21H2,1-3H3,(H,41,42)/t22-,32-/m1/s1. The number of para-hydroxylation sites is 1. The van der Waals surface area contributed by atoms with Crippen molar-refractivity contribution in [3.63, 3.8) is 0 Å². The van der Waals surface area contributed by atoms with Gasteiger partial charge in [-0.15, -0.1) is 0 Å². The molecule has 0 radical (unpaired) electrons. The predicted molar refractivity (Wildman–Crippen MR) is 161 cm³/mol. The number of aromatic nitrogens is 1. The van der Waals surface area contributed by atoms with E-state index in [9.17, 15) is 4.79 Å². The van der Waals surface area contributed by atoms with Crippen molar-refractivity contribution in [2.45, 2.75) is 64.2 Å². The first-order valence-corrected chi connectivity index (χ1v) is 15.3. The van der Waals surface area contributed by atoms with Gasteiger partial charge in [0.1, 0.15) is 29.7 Å². The molecule has 7 nitrogen and oxygen atoms in total. The number of carbonyl (C=O) groups is 1. The smallest absolute Gasteiger partial charge is 0.303 e. The molecule has 0 aliphatic carbocycles. The van der Waals surface area contributed by atoms with Gasteiger partial charge in [0, 0.05) is 86.0 Å². The molecule has 2 aromatic carbocycles. The number of carboxylic acids is 1. The Morgan fingerprint density at radius 3 is 2.35 bits per heavy atom. The van der Waals surface area contributed by atoms with Gasteiger partial charge >= 0.3 is 5.97 Å². The van der Waals surface area contributed by atoms with Gasteiger partial charge in [-0.2, -0.15) is 0 Å². The van der Waals surface area contributed by atoms with Gasteiger partial charge in [0.05, 0.1) is 6.04 Å². The molecule has 2 aliphatic rings. The number of hydrogen-bond acceptors (Lipinski definition) is 5. The van der Waals surface area contributed by atoms with Crippen LogP contribution in [0.3, 0.4) is 0 Å². The van der Waals surface area contributed by atoms with E-state index in [0.29, 0.717) is 31.7 Å². The molecule has 3 aromatic rings. The van der Waals surface area contributed by atoms with Crippen LogP contribution in [-0.4, -0.2) is 94.9 Å². The Hall–Kier alpha value is -3.08. The van der Waals surface area contributed by atoms with Crippen molar-refractivity contribution in [2.24, 2.45) is 0 Å². The van der Waals surface area contributed by atoms with Gasteiger partial charge in [0.25, 0.3) is 0 Å². The summed E-state index contributed by atoms with van der Waals surface area (Å²) in [4.78, 5) is 20.5. The van der Waals surface area contributed by atoms with Crippen molar-refractivity contribution in [2.75, 3.05) is 52.4 Å². The zero-order valence-corrected chi connectivity index (χ0v) is 25.3. The maximum Gasteiger partial charge on any atom is 0.303 e. The number of H-pyrrole nitrogens is 1. The van der Waals surface area contributed by atoms with Gasteiger partial charge in [-0.1, -0.05) is 18.2 Å². The fourth-order valence-corrected chi connectivity index (χ4v) is 6.54. The first-order chi connectivity index (χ1) is 20.5. The lowest BCUT2D eigenvalue weighted by Gasteiger charge is -2.43. The van der Waals surface area contributed by atoms with E-state index in [1.165, 1.54) is 26.0 Å². The van der Waals surface area contributed by atoms with Gasteiger partial charge in [-0.3, -0.25) is 14.6 Å². The third-order valence-corrected chi connectivity index (χ3v) is 8.66. The van der Waals surface area contributed by atoms with Crippen molar-refractivity contribution in [3.05, 3.63) is 64.9 Å². The normalized spacial score (nSPS) is 20.4. The van der Waals surface area contributed by atoms with Crippen LogP contribution in [0.15, 0.2) is 36.4 Å². The summed E-state index contributed by atoms with van der Waals surface area (Å²) in [6.07, 6.45) is 2.41. The van der Waals surface area contributed by atoms with E-state index in [4.69, 9.17) is 9.84 Å². The highest BCUT2D eigenvalue weighted by molar-refractivity contribution is 5.85. The van der Waals surface area contributed by atoms with Gasteiger partial charge in [-0.25, -0.2) is 13.2 Å². The van der Waals surface area contributed by atoms with E-state index in [2.05, 4.69) is 14.8 Å². The molecule has 43 heavy (non-hydrogen) atoms. The summed E-state index contributed by atoms with van der Waals surface area (Å²) < 4.78 is 52.6. The number of ether oxygens (including phenoxy) is 1. The van der Waals surface area contributed by atoms with E-state index >= 15 is 13.2 Å². The summed E-state index contributed by atoms with van der Waals surface area (Å²) in [6, 6.07) is 9.37. The zero-order valence-electron chi connectivity index (χ0n) is 25.3. The number of aliphatic carboxylic acids is 1. The van der Waals surface area contributed by atoms with Crippen LogP contribution < -0.4 is 4.74 Å². The first kappa shape index (κ1) is 31.3. The SMILES string of the molecule is C[C@@H]1Cc2c([nH]c3ccccc23)[C@@H](c2c(F)cc(OCCN3CCN(CCCCC(=O)O)CC3)cc2F)N1CC(C)(C)F. The minimum atomic E-state index is -1.56. The van der Waals surface area contributed by atoms with Crippen molar-refractivity contribution in [1.29, 1.82) is 0 Å². The number of nitrogens with zero attached hydrogens (tertiary/aromatic N) is 3. The molecular weight excluding hydrogens is 557 g/mol. The maximum absolute atomic E-state index is 15.9. The molecule has 0 amide bonds. The third kappa shape index (κ3) is 7.53. The Balaban J connectivity index is 1.26. The number of carboxylic acid groups (broad SMARTS) is 1. The number of unbranched alkanes of at least 4 members (excludes halogenated alkanes) is 1. The van der Waals surface area contributed by atoms with Gasteiger partial charge in [-0.05, 0) is 58.2 Å². The number of aromatic amines is 1. The molecule has 0 spiro atoms. The fourth-order valence-electron chi connectivity index (χ4n) is 6.54. The van der Waals surface area contributed by atoms with Crippen molar-refractivity contribution >= 4 is 16.9 Å². The van der Waals surface area contributed by atoms with Crippen LogP contribution in [-0.2, 0) is 11.2 Å². The van der Waals surface area contributed by atoms with Crippen LogP contribution in [0.5, 0.6) is 5.75 Å². The van der Waals surface area contributed by atoms with E-state index < -0.39 is 29.3 Å². The van der Waals surface area contributed by atoms with Crippen molar-refractivity contribution < 1.29 is 27.8 Å². The molecule has 5 rings (SSSR count). The van der Waals surface area contributed by atoms with E-state index in [0.717, 1.165) is 55.6 Å². The molecule has 2 N–H and O–H groups in total. The number of halogens is 3. The van der Waals surface area contributed by atoms with Crippen LogP contribution >= 0.6 is 0 Å². The Morgan fingerprint density at radius 1 is 1.05 bits per heavy atom. The minimum absolute atomic E-state index is 0.0281. The van der Waals surface area contributed by atoms with E-state index in [1.54, 1.807) is 0 Å². The largest absolute Gasteiger partial charge is 0.492 e. The molecule has 2 atom stereocenters. The second kappa shape index (κ2) is 13.3. The molecule has 1 aromatic heterocycles. The topological polar surface area (TPSA) is 72.0 Å². The highest BCUT2D eigenvalue weighted by atomic mass is 19.1. The molecule has 0 bridgehead atoms. The fraction of sp³-hybridized carbons (Fsp3) is 0.545. The molecular formula is C33H43F3N4O3. The van der Waals surface area contributed by atoms with Gasteiger partial charge in [0.2, 0.25) is 0 Å². The highest BCUT2D eigenvalue weighted by Crippen LogP contribution is 2.43. The molecule has 3 heterocycles. The summed E-state index contributed by atoms with van der Waals surface area (Å²) in [7, 11) is 0. The summed E-state index contributed by atoms with van der Waals surface area (Å²) in [5.74, 6) is -2.04. The number of nitrogens with one attached hydrogen (secondary N) is 1. The molecule has 1 saturated heterocycles. The summed E-state index contributed by atoms with van der Waals surface area (Å²) >= 11 is 0. The zero-order chi connectivity index (χ0) is 30.7. The monoisotopic (exact) mass is 600 g/mol. The predicted octanol–water partition coefficient (Wildman–Crippen LogP) is 5.78. The van der Waals surface area contributed by atoms with Crippen LogP contribution in [0.1, 0.15) is 62.9 Å². The lowest BCUT2D eigenvalue weighted by atomic mass is 9.87. The van der Waals surface area contributed by atoms with Crippen LogP contribution in [0, 0.1) is 11.6 Å². The molecule has 2 aliphatic heterocycles. The van der Waals surface area contributed by atoms with Crippen LogP contribution in [0.2, 0.25) is 0 Å². The Labute approximate surface area is 251 Å². The number of benzene rings is 2. The van der Waals surface area contributed by atoms with Gasteiger partial charge < -0.3 is 19.7 Å². The summed E-state index contributed by atoms with van der Waals surface area (Å²) in [5, 5.41) is 9.80. The lowest BCUT2D eigenvalue weighted by Crippen LogP contribution is -2.48. The minimum Gasteiger partial charge on any atom is -0.492 e. The van der Waals surface area contributed by atoms with Crippen molar-refractivity contribution in [3.8, 4) is 5.75 Å². The van der Waals surface area contributed by atoms with E-state index in [1.807, 2.05) is 36.1 Å².